The molecule has 3 N–H and O–H groups in total. The topological polar surface area (TPSA) is 75.0 Å². The standard InChI is InChI=1S/C11H18N4O.ClH/c1-2-9-6-10(14-13-9)11(16)15-5-3-4-8(12)7-15;/h6,8H,2-5,7,12H2,1H3,(H,13,14);1H. The minimum absolute atomic E-state index is 0. The summed E-state index contributed by atoms with van der Waals surface area (Å²) in [5.74, 6) is -0.00824. The molecule has 2 rings (SSSR count). The number of aryl methyl sites for hydroxylation is 1. The second-order valence-corrected chi connectivity index (χ2v) is 4.29. The van der Waals surface area contributed by atoms with E-state index in [0.29, 0.717) is 12.2 Å². The van der Waals surface area contributed by atoms with Crippen LogP contribution >= 0.6 is 12.4 Å². The second kappa shape index (κ2) is 6.02. The molecule has 0 aliphatic carbocycles. The monoisotopic (exact) mass is 258 g/mol. The van der Waals surface area contributed by atoms with Crippen molar-refractivity contribution in [1.82, 2.24) is 15.1 Å². The highest BCUT2D eigenvalue weighted by Crippen LogP contribution is 2.12. The summed E-state index contributed by atoms with van der Waals surface area (Å²) in [5, 5.41) is 6.89. The number of piperidine rings is 1. The number of carbonyl (C=O) groups excluding carboxylic acids is 1. The summed E-state index contributed by atoms with van der Waals surface area (Å²) in [6, 6.07) is 1.94. The molecule has 0 bridgehead atoms. The van der Waals surface area contributed by atoms with Crippen molar-refractivity contribution in [1.29, 1.82) is 0 Å². The van der Waals surface area contributed by atoms with E-state index in [1.807, 2.05) is 13.0 Å². The van der Waals surface area contributed by atoms with E-state index in [1.165, 1.54) is 0 Å². The average Bonchev–Trinajstić information content (AvgIpc) is 2.76. The third-order valence-electron chi connectivity index (χ3n) is 2.98. The first kappa shape index (κ1) is 14.0. The molecule has 5 nitrogen and oxygen atoms in total. The van der Waals surface area contributed by atoms with Crippen molar-refractivity contribution in [2.45, 2.75) is 32.2 Å². The average molecular weight is 259 g/mol. The van der Waals surface area contributed by atoms with Crippen molar-refractivity contribution >= 4 is 18.3 Å². The summed E-state index contributed by atoms with van der Waals surface area (Å²) in [4.78, 5) is 13.9. The first-order valence-electron chi connectivity index (χ1n) is 5.80. The Morgan fingerprint density at radius 2 is 2.47 bits per heavy atom. The van der Waals surface area contributed by atoms with Gasteiger partial charge in [0.25, 0.3) is 5.91 Å². The fourth-order valence-electron chi connectivity index (χ4n) is 2.01. The Hall–Kier alpha value is -1.07. The zero-order valence-corrected chi connectivity index (χ0v) is 10.8. The number of likely N-dealkylation sites (tertiary alicyclic amines) is 1. The van der Waals surface area contributed by atoms with E-state index in [1.54, 1.807) is 4.90 Å². The van der Waals surface area contributed by atoms with E-state index in [-0.39, 0.29) is 24.4 Å². The van der Waals surface area contributed by atoms with Gasteiger partial charge in [-0.2, -0.15) is 5.10 Å². The van der Waals surface area contributed by atoms with Crippen molar-refractivity contribution < 1.29 is 4.79 Å². The van der Waals surface area contributed by atoms with Crippen LogP contribution in [0.25, 0.3) is 0 Å². The maximum atomic E-state index is 12.1. The van der Waals surface area contributed by atoms with Crippen LogP contribution in [0.2, 0.25) is 0 Å². The fraction of sp³-hybridized carbons (Fsp3) is 0.636. The SMILES string of the molecule is CCc1cc(C(=O)N2CCCC(N)C2)n[nH]1.Cl. The Morgan fingerprint density at radius 1 is 1.71 bits per heavy atom. The van der Waals surface area contributed by atoms with Gasteiger partial charge in [-0.15, -0.1) is 12.4 Å². The number of hydrogen-bond donors (Lipinski definition) is 2. The molecule has 96 valence electrons. The summed E-state index contributed by atoms with van der Waals surface area (Å²) in [5.41, 5.74) is 7.35. The maximum Gasteiger partial charge on any atom is 0.274 e. The third-order valence-corrected chi connectivity index (χ3v) is 2.98. The zero-order valence-electron chi connectivity index (χ0n) is 9.98. The molecule has 0 radical (unpaired) electrons. The molecule has 0 spiro atoms. The van der Waals surface area contributed by atoms with Gasteiger partial charge in [-0.1, -0.05) is 6.92 Å². The smallest absolute Gasteiger partial charge is 0.274 e. The van der Waals surface area contributed by atoms with E-state index < -0.39 is 0 Å². The van der Waals surface area contributed by atoms with Gasteiger partial charge in [-0.3, -0.25) is 9.89 Å². The molecule has 1 unspecified atom stereocenters. The molecule has 1 aromatic rings. The highest BCUT2D eigenvalue weighted by Gasteiger charge is 2.23. The number of nitrogens with one attached hydrogen (secondary N) is 1. The molecular formula is C11H19ClN4O. The quantitative estimate of drug-likeness (QED) is 0.830. The Bertz CT molecular complexity index is 379. The largest absolute Gasteiger partial charge is 0.336 e. The van der Waals surface area contributed by atoms with Gasteiger partial charge >= 0.3 is 0 Å². The van der Waals surface area contributed by atoms with E-state index in [4.69, 9.17) is 5.73 Å². The first-order valence-corrected chi connectivity index (χ1v) is 5.80. The van der Waals surface area contributed by atoms with Crippen LogP contribution in [0, 0.1) is 0 Å². The maximum absolute atomic E-state index is 12.1. The Kier molecular flexibility index (Phi) is 4.96. The number of aromatic amines is 1. The van der Waals surface area contributed by atoms with Gasteiger partial charge in [-0.05, 0) is 25.3 Å². The van der Waals surface area contributed by atoms with Crippen LogP contribution in [0.4, 0.5) is 0 Å². The Labute approximate surface area is 107 Å². The van der Waals surface area contributed by atoms with Gasteiger partial charge in [-0.25, -0.2) is 0 Å². The predicted octanol–water partition coefficient (Wildman–Crippen LogP) is 0.957. The molecule has 1 aromatic heterocycles. The van der Waals surface area contributed by atoms with Gasteiger partial charge in [0.2, 0.25) is 0 Å². The van der Waals surface area contributed by atoms with E-state index in [2.05, 4.69) is 10.2 Å². The molecule has 2 heterocycles. The van der Waals surface area contributed by atoms with Gasteiger partial charge < -0.3 is 10.6 Å². The lowest BCUT2D eigenvalue weighted by molar-refractivity contribution is 0.0703. The van der Waals surface area contributed by atoms with Crippen LogP contribution in [0.3, 0.4) is 0 Å². The van der Waals surface area contributed by atoms with Gasteiger partial charge in [0.15, 0.2) is 0 Å². The number of H-pyrrole nitrogens is 1. The minimum Gasteiger partial charge on any atom is -0.336 e. The lowest BCUT2D eigenvalue weighted by atomic mass is 10.1. The van der Waals surface area contributed by atoms with Crippen molar-refractivity contribution in [3.05, 3.63) is 17.5 Å². The number of amides is 1. The van der Waals surface area contributed by atoms with Crippen LogP contribution < -0.4 is 5.73 Å². The molecule has 0 aromatic carbocycles. The van der Waals surface area contributed by atoms with Gasteiger partial charge in [0.05, 0.1) is 0 Å². The third kappa shape index (κ3) is 3.20. The summed E-state index contributed by atoms with van der Waals surface area (Å²) in [6.45, 7) is 3.46. The van der Waals surface area contributed by atoms with Crippen molar-refractivity contribution in [2.75, 3.05) is 13.1 Å². The number of hydrogen-bond acceptors (Lipinski definition) is 3. The molecular weight excluding hydrogens is 240 g/mol. The second-order valence-electron chi connectivity index (χ2n) is 4.29. The lowest BCUT2D eigenvalue weighted by Crippen LogP contribution is -2.45. The summed E-state index contributed by atoms with van der Waals surface area (Å²) in [7, 11) is 0. The first-order chi connectivity index (χ1) is 7.70. The Balaban J connectivity index is 0.00000144. The molecule has 0 saturated carbocycles. The van der Waals surface area contributed by atoms with Crippen molar-refractivity contribution in [3.8, 4) is 0 Å². The Morgan fingerprint density at radius 3 is 3.06 bits per heavy atom. The number of rotatable bonds is 2. The number of aromatic nitrogens is 2. The minimum atomic E-state index is -0.00824. The summed E-state index contributed by atoms with van der Waals surface area (Å²) >= 11 is 0. The van der Waals surface area contributed by atoms with Crippen LogP contribution in [0.15, 0.2) is 6.07 Å². The van der Waals surface area contributed by atoms with Crippen LogP contribution in [-0.2, 0) is 6.42 Å². The van der Waals surface area contributed by atoms with Crippen LogP contribution in [0.1, 0.15) is 35.9 Å². The number of nitrogens with zero attached hydrogens (tertiary/aromatic N) is 2. The molecule has 6 heteroatoms. The zero-order chi connectivity index (χ0) is 11.5. The molecule has 1 fully saturated rings. The lowest BCUT2D eigenvalue weighted by Gasteiger charge is -2.30. The normalized spacial score (nSPS) is 19.9. The summed E-state index contributed by atoms with van der Waals surface area (Å²) < 4.78 is 0. The fourth-order valence-corrected chi connectivity index (χ4v) is 2.01. The number of nitrogens with two attached hydrogens (primary N) is 1. The van der Waals surface area contributed by atoms with Gasteiger partial charge in [0, 0.05) is 24.8 Å². The van der Waals surface area contributed by atoms with E-state index in [0.717, 1.165) is 31.5 Å². The number of carbonyl (C=O) groups is 1. The molecule has 1 aliphatic heterocycles. The highest BCUT2D eigenvalue weighted by molar-refractivity contribution is 5.92. The highest BCUT2D eigenvalue weighted by atomic mass is 35.5. The molecule has 1 atom stereocenters. The predicted molar refractivity (Wildman–Crippen MR) is 68.3 cm³/mol. The summed E-state index contributed by atoms with van der Waals surface area (Å²) in [6.07, 6.45) is 2.85. The number of halogens is 1. The van der Waals surface area contributed by atoms with Crippen molar-refractivity contribution in [2.24, 2.45) is 5.73 Å². The van der Waals surface area contributed by atoms with Gasteiger partial charge in [0.1, 0.15) is 5.69 Å². The van der Waals surface area contributed by atoms with E-state index in [9.17, 15) is 4.79 Å². The molecule has 1 amide bonds. The van der Waals surface area contributed by atoms with Crippen LogP contribution in [0.5, 0.6) is 0 Å². The van der Waals surface area contributed by atoms with Crippen LogP contribution in [-0.4, -0.2) is 40.1 Å². The molecule has 17 heavy (non-hydrogen) atoms. The van der Waals surface area contributed by atoms with Crippen molar-refractivity contribution in [3.63, 3.8) is 0 Å². The molecule has 1 aliphatic rings. The molecule has 1 saturated heterocycles. The van der Waals surface area contributed by atoms with E-state index >= 15 is 0 Å².